The summed E-state index contributed by atoms with van der Waals surface area (Å²) in [6.45, 7) is 4.40. The van der Waals surface area contributed by atoms with Crippen LogP contribution in [0.15, 0.2) is 42.5 Å². The van der Waals surface area contributed by atoms with E-state index in [0.29, 0.717) is 23.6 Å². The molecule has 0 atom stereocenters. The van der Waals surface area contributed by atoms with E-state index >= 15 is 0 Å². The summed E-state index contributed by atoms with van der Waals surface area (Å²) < 4.78 is 7.53. The van der Waals surface area contributed by atoms with Gasteiger partial charge >= 0.3 is 0 Å². The molecule has 0 radical (unpaired) electrons. The predicted molar refractivity (Wildman–Crippen MR) is 91.0 cm³/mol. The highest BCUT2D eigenvalue weighted by molar-refractivity contribution is 6.06. The second-order valence-electron chi connectivity index (χ2n) is 5.30. The lowest BCUT2D eigenvalue weighted by Crippen LogP contribution is -2.13. The van der Waals surface area contributed by atoms with Gasteiger partial charge < -0.3 is 14.6 Å². The molecule has 0 spiro atoms. The van der Waals surface area contributed by atoms with Crippen molar-refractivity contribution in [3.63, 3.8) is 0 Å². The second kappa shape index (κ2) is 6.12. The fraction of sp³-hybridized carbons (Fsp3) is 0.222. The van der Waals surface area contributed by atoms with Crippen LogP contribution < -0.4 is 10.1 Å². The number of carbonyl (C=O) groups is 1. The van der Waals surface area contributed by atoms with Gasteiger partial charge in [-0.3, -0.25) is 4.79 Å². The van der Waals surface area contributed by atoms with Crippen LogP contribution in [0.25, 0.3) is 11.0 Å². The molecule has 0 saturated heterocycles. The minimum absolute atomic E-state index is 0.178. The van der Waals surface area contributed by atoms with Crippen molar-refractivity contribution in [1.82, 2.24) is 9.55 Å². The number of hydrogen-bond acceptors (Lipinski definition) is 3. The Morgan fingerprint density at radius 1 is 1.26 bits per heavy atom. The number of para-hydroxylation sites is 2. The molecule has 0 bridgehead atoms. The Bertz CT molecular complexity index is 868. The number of fused-ring (bicyclic) bond motifs is 1. The van der Waals surface area contributed by atoms with Crippen LogP contribution in [0.2, 0.25) is 0 Å². The minimum atomic E-state index is -0.178. The maximum absolute atomic E-state index is 12.5. The molecule has 0 fully saturated rings. The van der Waals surface area contributed by atoms with Crippen molar-refractivity contribution >= 4 is 22.6 Å². The average molecular weight is 309 g/mol. The lowest BCUT2D eigenvalue weighted by atomic mass is 10.1. The number of ether oxygens (including phenoxy) is 1. The average Bonchev–Trinajstić information content (AvgIpc) is 2.83. The zero-order valence-electron chi connectivity index (χ0n) is 13.5. The number of nitrogens with zero attached hydrogens (tertiary/aromatic N) is 2. The zero-order valence-corrected chi connectivity index (χ0v) is 13.5. The van der Waals surface area contributed by atoms with Gasteiger partial charge in [0.2, 0.25) is 0 Å². The van der Waals surface area contributed by atoms with Crippen molar-refractivity contribution in [2.24, 2.45) is 7.05 Å². The van der Waals surface area contributed by atoms with Gasteiger partial charge in [0, 0.05) is 12.6 Å². The van der Waals surface area contributed by atoms with Crippen LogP contribution in [-0.4, -0.2) is 22.1 Å². The number of benzene rings is 2. The van der Waals surface area contributed by atoms with Crippen molar-refractivity contribution in [3.8, 4) is 5.75 Å². The molecule has 0 aliphatic rings. The molecule has 0 unspecified atom stereocenters. The number of carbonyl (C=O) groups excluding carboxylic acids is 1. The summed E-state index contributed by atoms with van der Waals surface area (Å²) in [6.07, 6.45) is 0. The quantitative estimate of drug-likeness (QED) is 0.802. The molecule has 3 rings (SSSR count). The number of aromatic nitrogens is 2. The van der Waals surface area contributed by atoms with Crippen molar-refractivity contribution in [2.75, 3.05) is 11.9 Å². The van der Waals surface area contributed by atoms with Gasteiger partial charge in [0.25, 0.3) is 5.91 Å². The lowest BCUT2D eigenvalue weighted by Gasteiger charge is -2.11. The molecular weight excluding hydrogens is 290 g/mol. The van der Waals surface area contributed by atoms with E-state index in [2.05, 4.69) is 10.3 Å². The number of anilines is 1. The maximum Gasteiger partial charge on any atom is 0.255 e. The van der Waals surface area contributed by atoms with E-state index in [9.17, 15) is 4.79 Å². The van der Waals surface area contributed by atoms with E-state index in [4.69, 9.17) is 4.74 Å². The summed E-state index contributed by atoms with van der Waals surface area (Å²) >= 11 is 0. The van der Waals surface area contributed by atoms with Crippen molar-refractivity contribution in [2.45, 2.75) is 13.8 Å². The molecule has 118 valence electrons. The zero-order chi connectivity index (χ0) is 16.4. The van der Waals surface area contributed by atoms with Crippen molar-refractivity contribution in [3.05, 3.63) is 53.9 Å². The monoisotopic (exact) mass is 309 g/mol. The highest BCUT2D eigenvalue weighted by atomic mass is 16.5. The Labute approximate surface area is 134 Å². The number of aryl methyl sites for hydroxylation is 2. The van der Waals surface area contributed by atoms with E-state index in [0.717, 1.165) is 16.9 Å². The second-order valence-corrected chi connectivity index (χ2v) is 5.30. The number of hydrogen-bond donors (Lipinski definition) is 1. The molecule has 0 aliphatic carbocycles. The van der Waals surface area contributed by atoms with E-state index in [-0.39, 0.29) is 5.91 Å². The predicted octanol–water partition coefficient (Wildman–Crippen LogP) is 3.53. The molecule has 1 amide bonds. The number of imidazole rings is 1. The van der Waals surface area contributed by atoms with Crippen LogP contribution in [0, 0.1) is 6.92 Å². The Hall–Kier alpha value is -2.82. The number of nitrogens with one attached hydrogen (secondary N) is 1. The van der Waals surface area contributed by atoms with Crippen LogP contribution in [-0.2, 0) is 7.05 Å². The standard InChI is InChI=1S/C18H19N3O2/c1-4-23-17-8-6-5-7-14(17)20-18(22)13-9-10-16-15(11-13)19-12(2)21(16)3/h5-11H,4H2,1-3H3,(H,20,22). The molecule has 5 heteroatoms. The molecule has 3 aromatic rings. The topological polar surface area (TPSA) is 56.1 Å². The van der Waals surface area contributed by atoms with Gasteiger partial charge in [-0.05, 0) is 44.2 Å². The smallest absolute Gasteiger partial charge is 0.255 e. The first kappa shape index (κ1) is 15.1. The largest absolute Gasteiger partial charge is 0.492 e. The number of rotatable bonds is 4. The molecule has 23 heavy (non-hydrogen) atoms. The third-order valence-electron chi connectivity index (χ3n) is 3.80. The van der Waals surface area contributed by atoms with Gasteiger partial charge in [0.1, 0.15) is 11.6 Å². The van der Waals surface area contributed by atoms with Crippen LogP contribution in [0.4, 0.5) is 5.69 Å². The SMILES string of the molecule is CCOc1ccccc1NC(=O)c1ccc2c(c1)nc(C)n2C. The fourth-order valence-electron chi connectivity index (χ4n) is 2.51. The van der Waals surface area contributed by atoms with Gasteiger partial charge in [-0.1, -0.05) is 12.1 Å². The summed E-state index contributed by atoms with van der Waals surface area (Å²) in [5, 5.41) is 2.90. The number of amides is 1. The first-order chi connectivity index (χ1) is 11.1. The van der Waals surface area contributed by atoms with Gasteiger partial charge in [0.05, 0.1) is 23.3 Å². The highest BCUT2D eigenvalue weighted by Gasteiger charge is 2.12. The first-order valence-electron chi connectivity index (χ1n) is 7.56. The highest BCUT2D eigenvalue weighted by Crippen LogP contribution is 2.25. The summed E-state index contributed by atoms with van der Waals surface area (Å²) in [6, 6.07) is 12.9. The third kappa shape index (κ3) is 2.90. The van der Waals surface area contributed by atoms with E-state index < -0.39 is 0 Å². The van der Waals surface area contributed by atoms with Crippen LogP contribution in [0.3, 0.4) is 0 Å². The summed E-state index contributed by atoms with van der Waals surface area (Å²) in [4.78, 5) is 17.0. The Morgan fingerprint density at radius 2 is 2.04 bits per heavy atom. The van der Waals surface area contributed by atoms with E-state index in [1.165, 1.54) is 0 Å². The Kier molecular flexibility index (Phi) is 4.02. The normalized spacial score (nSPS) is 10.7. The van der Waals surface area contributed by atoms with Gasteiger partial charge in [-0.15, -0.1) is 0 Å². The summed E-state index contributed by atoms with van der Waals surface area (Å²) in [7, 11) is 1.96. The van der Waals surface area contributed by atoms with E-state index in [1.807, 2.05) is 61.9 Å². The Balaban J connectivity index is 1.89. The van der Waals surface area contributed by atoms with Gasteiger partial charge in [-0.2, -0.15) is 0 Å². The van der Waals surface area contributed by atoms with E-state index in [1.54, 1.807) is 6.07 Å². The summed E-state index contributed by atoms with van der Waals surface area (Å²) in [5.41, 5.74) is 3.06. The fourth-order valence-corrected chi connectivity index (χ4v) is 2.51. The molecule has 1 N–H and O–H groups in total. The maximum atomic E-state index is 12.5. The van der Waals surface area contributed by atoms with Crippen LogP contribution >= 0.6 is 0 Å². The van der Waals surface area contributed by atoms with Crippen LogP contribution in [0.1, 0.15) is 23.1 Å². The minimum Gasteiger partial charge on any atom is -0.492 e. The molecule has 5 nitrogen and oxygen atoms in total. The van der Waals surface area contributed by atoms with Crippen molar-refractivity contribution in [1.29, 1.82) is 0 Å². The molecular formula is C18H19N3O2. The van der Waals surface area contributed by atoms with Gasteiger partial charge in [-0.25, -0.2) is 4.98 Å². The van der Waals surface area contributed by atoms with Crippen LogP contribution in [0.5, 0.6) is 5.75 Å². The lowest BCUT2D eigenvalue weighted by molar-refractivity contribution is 0.102. The summed E-state index contributed by atoms with van der Waals surface area (Å²) in [5.74, 6) is 1.40. The molecule has 1 heterocycles. The van der Waals surface area contributed by atoms with Gasteiger partial charge in [0.15, 0.2) is 0 Å². The third-order valence-corrected chi connectivity index (χ3v) is 3.80. The molecule has 2 aromatic carbocycles. The molecule has 0 aliphatic heterocycles. The molecule has 0 saturated carbocycles. The molecule has 1 aromatic heterocycles. The Morgan fingerprint density at radius 3 is 2.83 bits per heavy atom. The first-order valence-corrected chi connectivity index (χ1v) is 7.56. The van der Waals surface area contributed by atoms with Crippen molar-refractivity contribution < 1.29 is 9.53 Å².